The number of hydrogen-bond donors (Lipinski definition) is 3. The molecule has 4 heterocycles. The van der Waals surface area contributed by atoms with Gasteiger partial charge in [-0.05, 0) is 38.1 Å². The van der Waals surface area contributed by atoms with Crippen molar-refractivity contribution >= 4 is 11.5 Å². The fourth-order valence-corrected chi connectivity index (χ4v) is 3.88. The molecule has 2 aliphatic rings. The lowest BCUT2D eigenvalue weighted by atomic mass is 9.82. The molecule has 0 bridgehead atoms. The molecule has 1 unspecified atom stereocenters. The number of hydrogen-bond acceptors (Lipinski definition) is 6. The van der Waals surface area contributed by atoms with E-state index in [-0.39, 0.29) is 12.5 Å². The molecular formula is C18H22F3N7. The van der Waals surface area contributed by atoms with E-state index < -0.39 is 17.9 Å². The standard InChI is InChI=1S/C18H22F3N7/c19-12-1-2-16-24-7-13(28(16)9-12)17-25-8-14(22)18(23,26-17)11-3-5-27(6-4-11)10-15(20)21/h1-2,7-9,11,15H,3-6,10,22-23H2,(H,25,26). The van der Waals surface area contributed by atoms with Crippen molar-refractivity contribution < 1.29 is 13.2 Å². The minimum absolute atomic E-state index is 0.0919. The van der Waals surface area contributed by atoms with Crippen LogP contribution < -0.4 is 16.8 Å². The van der Waals surface area contributed by atoms with Gasteiger partial charge in [0.25, 0.3) is 6.43 Å². The summed E-state index contributed by atoms with van der Waals surface area (Å²) in [6, 6.07) is 2.90. The van der Waals surface area contributed by atoms with Crippen LogP contribution in [-0.2, 0) is 0 Å². The molecule has 0 amide bonds. The lowest BCUT2D eigenvalue weighted by Gasteiger charge is -2.41. The van der Waals surface area contributed by atoms with Crippen LogP contribution in [0.5, 0.6) is 0 Å². The fourth-order valence-electron chi connectivity index (χ4n) is 3.88. The SMILES string of the molecule is NC1=CNC(c2cnc3ccc(F)cn23)=NC1(N)C1CCN(CC(F)F)CC1. The van der Waals surface area contributed by atoms with Crippen LogP contribution in [0.4, 0.5) is 13.2 Å². The van der Waals surface area contributed by atoms with Gasteiger partial charge >= 0.3 is 0 Å². The van der Waals surface area contributed by atoms with Gasteiger partial charge in [0, 0.05) is 18.3 Å². The molecule has 0 aromatic carbocycles. The van der Waals surface area contributed by atoms with Gasteiger partial charge in [-0.3, -0.25) is 9.30 Å². The molecule has 150 valence electrons. The van der Waals surface area contributed by atoms with Crippen LogP contribution in [0.25, 0.3) is 5.65 Å². The second-order valence-corrected chi connectivity index (χ2v) is 7.21. The second kappa shape index (κ2) is 7.10. The number of aromatic nitrogens is 2. The Kier molecular flexibility index (Phi) is 4.76. The summed E-state index contributed by atoms with van der Waals surface area (Å²) in [4.78, 5) is 10.6. The monoisotopic (exact) mass is 393 g/mol. The van der Waals surface area contributed by atoms with Crippen molar-refractivity contribution in [1.82, 2.24) is 19.6 Å². The maximum atomic E-state index is 13.7. The number of nitrogens with zero attached hydrogens (tertiary/aromatic N) is 4. The maximum absolute atomic E-state index is 13.7. The largest absolute Gasteiger partial charge is 0.398 e. The van der Waals surface area contributed by atoms with Gasteiger partial charge < -0.3 is 16.8 Å². The van der Waals surface area contributed by atoms with E-state index >= 15 is 0 Å². The Balaban J connectivity index is 1.61. The van der Waals surface area contributed by atoms with Crippen molar-refractivity contribution in [3.63, 3.8) is 0 Å². The van der Waals surface area contributed by atoms with Gasteiger partial charge in [-0.2, -0.15) is 0 Å². The van der Waals surface area contributed by atoms with Crippen LogP contribution in [0.1, 0.15) is 18.5 Å². The first-order valence-corrected chi connectivity index (χ1v) is 9.11. The molecule has 0 saturated carbocycles. The second-order valence-electron chi connectivity index (χ2n) is 7.21. The Morgan fingerprint density at radius 3 is 2.75 bits per heavy atom. The summed E-state index contributed by atoms with van der Waals surface area (Å²) in [5.41, 5.74) is 13.1. The Morgan fingerprint density at radius 1 is 1.29 bits per heavy atom. The van der Waals surface area contributed by atoms with Crippen LogP contribution in [-0.4, -0.2) is 51.8 Å². The van der Waals surface area contributed by atoms with Crippen molar-refractivity contribution in [2.45, 2.75) is 24.9 Å². The molecule has 28 heavy (non-hydrogen) atoms. The van der Waals surface area contributed by atoms with Crippen LogP contribution in [0, 0.1) is 11.7 Å². The third-order valence-electron chi connectivity index (χ3n) is 5.44. The Bertz CT molecular complexity index is 930. The summed E-state index contributed by atoms with van der Waals surface area (Å²) >= 11 is 0. The number of fused-ring (bicyclic) bond motifs is 1. The Labute approximate surface area is 159 Å². The van der Waals surface area contributed by atoms with Gasteiger partial charge in [-0.25, -0.2) is 23.1 Å². The van der Waals surface area contributed by atoms with E-state index in [0.717, 1.165) is 0 Å². The highest BCUT2D eigenvalue weighted by Crippen LogP contribution is 2.33. The molecular weight excluding hydrogens is 371 g/mol. The van der Waals surface area contributed by atoms with E-state index in [1.54, 1.807) is 27.8 Å². The molecule has 10 heteroatoms. The quantitative estimate of drug-likeness (QED) is 0.727. The smallest absolute Gasteiger partial charge is 0.251 e. The number of nitrogens with one attached hydrogen (secondary N) is 1. The van der Waals surface area contributed by atoms with Gasteiger partial charge in [-0.15, -0.1) is 0 Å². The molecule has 0 spiro atoms. The first-order valence-electron chi connectivity index (χ1n) is 9.11. The summed E-state index contributed by atoms with van der Waals surface area (Å²) in [6.07, 6.45) is 3.36. The summed E-state index contributed by atoms with van der Waals surface area (Å²) in [5, 5.41) is 3.00. The van der Waals surface area contributed by atoms with Crippen molar-refractivity contribution in [2.24, 2.45) is 22.4 Å². The summed E-state index contributed by atoms with van der Waals surface area (Å²) in [7, 11) is 0. The van der Waals surface area contributed by atoms with Gasteiger partial charge in [0.15, 0.2) is 11.5 Å². The zero-order chi connectivity index (χ0) is 19.9. The van der Waals surface area contributed by atoms with Gasteiger partial charge in [0.1, 0.15) is 17.2 Å². The molecule has 2 aromatic heterocycles. The number of pyridine rings is 1. The number of aliphatic imine (C=N–C) groups is 1. The normalized spacial score (nSPS) is 24.3. The number of alkyl halides is 2. The number of likely N-dealkylation sites (tertiary alicyclic amines) is 1. The van der Waals surface area contributed by atoms with Crippen molar-refractivity contribution in [3.8, 4) is 0 Å². The third kappa shape index (κ3) is 3.33. The molecule has 1 atom stereocenters. The molecule has 4 rings (SSSR count). The number of nitrogens with two attached hydrogens (primary N) is 2. The molecule has 5 N–H and O–H groups in total. The van der Waals surface area contributed by atoms with E-state index in [2.05, 4.69) is 15.3 Å². The van der Waals surface area contributed by atoms with Crippen molar-refractivity contribution in [3.05, 3.63) is 47.9 Å². The first kappa shape index (κ1) is 18.8. The van der Waals surface area contributed by atoms with E-state index in [4.69, 9.17) is 11.5 Å². The highest BCUT2D eigenvalue weighted by Gasteiger charge is 2.41. The number of amidine groups is 1. The van der Waals surface area contributed by atoms with Crippen LogP contribution in [0.3, 0.4) is 0 Å². The lowest BCUT2D eigenvalue weighted by Crippen LogP contribution is -2.56. The zero-order valence-electron chi connectivity index (χ0n) is 15.2. The van der Waals surface area contributed by atoms with Gasteiger partial charge in [0.2, 0.25) is 0 Å². The van der Waals surface area contributed by atoms with Crippen molar-refractivity contribution in [1.29, 1.82) is 0 Å². The Hall–Kier alpha value is -2.59. The predicted molar refractivity (Wildman–Crippen MR) is 99.2 cm³/mol. The van der Waals surface area contributed by atoms with Crippen molar-refractivity contribution in [2.75, 3.05) is 19.6 Å². The minimum Gasteiger partial charge on any atom is -0.398 e. The van der Waals surface area contributed by atoms with Crippen LogP contribution in [0.2, 0.25) is 0 Å². The number of piperidine rings is 1. The highest BCUT2D eigenvalue weighted by molar-refractivity contribution is 5.99. The molecule has 2 aliphatic heterocycles. The van der Waals surface area contributed by atoms with Crippen LogP contribution in [0.15, 0.2) is 41.4 Å². The Morgan fingerprint density at radius 2 is 2.04 bits per heavy atom. The lowest BCUT2D eigenvalue weighted by molar-refractivity contribution is 0.0605. The summed E-state index contributed by atoms with van der Waals surface area (Å²) in [5.74, 6) is -0.0564. The number of rotatable bonds is 4. The number of imidazole rings is 1. The topological polar surface area (TPSA) is 97.0 Å². The molecule has 0 aliphatic carbocycles. The maximum Gasteiger partial charge on any atom is 0.251 e. The molecule has 1 saturated heterocycles. The fraction of sp³-hybridized carbons (Fsp3) is 0.444. The van der Waals surface area contributed by atoms with Gasteiger partial charge in [0.05, 0.1) is 18.4 Å². The summed E-state index contributed by atoms with van der Waals surface area (Å²) < 4.78 is 40.5. The summed E-state index contributed by atoms with van der Waals surface area (Å²) in [6.45, 7) is 0.791. The first-order chi connectivity index (χ1) is 13.4. The molecule has 2 aromatic rings. The van der Waals surface area contributed by atoms with E-state index in [0.29, 0.717) is 48.8 Å². The van der Waals surface area contributed by atoms with E-state index in [9.17, 15) is 13.2 Å². The average Bonchev–Trinajstić information content (AvgIpc) is 3.07. The zero-order valence-corrected chi connectivity index (χ0v) is 15.2. The molecule has 7 nitrogen and oxygen atoms in total. The molecule has 0 radical (unpaired) electrons. The van der Waals surface area contributed by atoms with E-state index in [1.165, 1.54) is 12.3 Å². The minimum atomic E-state index is -2.35. The third-order valence-corrected chi connectivity index (χ3v) is 5.44. The molecule has 1 fully saturated rings. The average molecular weight is 393 g/mol. The number of halogens is 3. The van der Waals surface area contributed by atoms with E-state index in [1.807, 2.05) is 0 Å². The van der Waals surface area contributed by atoms with Crippen LogP contribution >= 0.6 is 0 Å². The predicted octanol–water partition coefficient (Wildman–Crippen LogP) is 1.26. The highest BCUT2D eigenvalue weighted by atomic mass is 19.3. The van der Waals surface area contributed by atoms with Gasteiger partial charge in [-0.1, -0.05) is 0 Å².